The molecule has 0 radical (unpaired) electrons. The fraction of sp³-hybridized carbons (Fsp3) is 0.250. The van der Waals surface area contributed by atoms with Gasteiger partial charge in [-0.05, 0) is 55.3 Å². The molecule has 0 aromatic heterocycles. The molecule has 0 saturated heterocycles. The number of halogens is 5. The van der Waals surface area contributed by atoms with Crippen molar-refractivity contribution in [2.24, 2.45) is 10.9 Å². The molecule has 1 fully saturated rings. The van der Waals surface area contributed by atoms with Gasteiger partial charge in [0.15, 0.2) is 0 Å². The van der Waals surface area contributed by atoms with Crippen LogP contribution in [0.3, 0.4) is 0 Å². The first-order valence-electron chi connectivity index (χ1n) is 8.56. The number of anilines is 2. The first-order chi connectivity index (χ1) is 13.3. The maximum Gasteiger partial charge on any atom is 0.429 e. The van der Waals surface area contributed by atoms with Crippen LogP contribution in [0.4, 0.5) is 24.5 Å². The van der Waals surface area contributed by atoms with Gasteiger partial charge in [-0.25, -0.2) is 4.99 Å². The van der Waals surface area contributed by atoms with Crippen molar-refractivity contribution in [3.63, 3.8) is 0 Å². The smallest absolute Gasteiger partial charge is 0.326 e. The predicted molar refractivity (Wildman–Crippen MR) is 109 cm³/mol. The zero-order valence-corrected chi connectivity index (χ0v) is 16.7. The topological polar surface area (TPSA) is 36.4 Å². The first-order valence-corrected chi connectivity index (χ1v) is 9.73. The summed E-state index contributed by atoms with van der Waals surface area (Å²) < 4.78 is 43.8. The quantitative estimate of drug-likeness (QED) is 0.491. The highest BCUT2D eigenvalue weighted by Gasteiger charge is 2.58. The lowest BCUT2D eigenvalue weighted by atomic mass is 9.87. The predicted octanol–water partition coefficient (Wildman–Crippen LogP) is 6.17. The number of aliphatic imine (C=N–C) groups is 1. The Labute approximate surface area is 173 Å². The molecule has 0 bridgehead atoms. The van der Waals surface area contributed by atoms with Crippen LogP contribution in [0, 0.1) is 17.8 Å². The van der Waals surface area contributed by atoms with Gasteiger partial charge in [0.05, 0.1) is 0 Å². The van der Waals surface area contributed by atoms with Gasteiger partial charge < -0.3 is 10.6 Å². The number of nitrogens with one attached hydrogen (secondary N) is 2. The van der Waals surface area contributed by atoms with Crippen molar-refractivity contribution in [2.75, 3.05) is 10.6 Å². The Balaban J connectivity index is 1.84. The van der Waals surface area contributed by atoms with Gasteiger partial charge in [-0.2, -0.15) is 13.2 Å². The van der Waals surface area contributed by atoms with Gasteiger partial charge in [0.1, 0.15) is 0 Å². The molecule has 2 N–H and O–H groups in total. The summed E-state index contributed by atoms with van der Waals surface area (Å²) in [7, 11) is 0. The summed E-state index contributed by atoms with van der Waals surface area (Å²) in [5.74, 6) is 5.15. The summed E-state index contributed by atoms with van der Waals surface area (Å²) in [4.78, 5) is 4.01. The molecule has 1 unspecified atom stereocenters. The largest absolute Gasteiger partial charge is 0.429 e. The van der Waals surface area contributed by atoms with E-state index in [9.17, 15) is 13.2 Å². The highest BCUT2D eigenvalue weighted by molar-refractivity contribution is 9.10. The second kappa shape index (κ2) is 7.02. The van der Waals surface area contributed by atoms with E-state index in [2.05, 4.69) is 43.4 Å². The Hall–Kier alpha value is -2.17. The van der Waals surface area contributed by atoms with Crippen molar-refractivity contribution < 1.29 is 13.2 Å². The lowest BCUT2D eigenvalue weighted by Gasteiger charge is -2.34. The van der Waals surface area contributed by atoms with E-state index in [1.807, 2.05) is 0 Å². The average molecular weight is 469 g/mol. The molecule has 0 amide bonds. The fourth-order valence-electron chi connectivity index (χ4n) is 2.85. The van der Waals surface area contributed by atoms with Gasteiger partial charge in [0, 0.05) is 32.4 Å². The Bertz CT molecular complexity index is 1000. The molecule has 144 valence electrons. The number of hydrogen-bond donors (Lipinski definition) is 2. The van der Waals surface area contributed by atoms with E-state index in [-0.39, 0.29) is 28.2 Å². The molecule has 4 rings (SSSR count). The number of hydrogen-bond acceptors (Lipinski definition) is 3. The summed E-state index contributed by atoms with van der Waals surface area (Å²) in [6, 6.07) is 11.3. The standard InChI is InChI=1S/C20H14BrClF3N3/c21-13-3-6-15(7-4-13)26-18-27-17-8-5-14(22)11-16(17)19(28-18,20(23,24)25)10-9-12-1-2-12/h3-8,11-12H,1-2H2,(H2,26,27,28). The summed E-state index contributed by atoms with van der Waals surface area (Å²) in [5, 5.41) is 6.03. The molecule has 1 saturated carbocycles. The third-order valence-electron chi connectivity index (χ3n) is 4.46. The molecule has 2 aliphatic rings. The molecule has 3 nitrogen and oxygen atoms in total. The van der Waals surface area contributed by atoms with E-state index in [1.54, 1.807) is 24.3 Å². The lowest BCUT2D eigenvalue weighted by molar-refractivity contribution is -0.170. The molecule has 28 heavy (non-hydrogen) atoms. The molecular weight excluding hydrogens is 455 g/mol. The Morgan fingerprint density at radius 3 is 2.54 bits per heavy atom. The zero-order valence-electron chi connectivity index (χ0n) is 14.4. The summed E-state index contributed by atoms with van der Waals surface area (Å²) >= 11 is 9.33. The average Bonchev–Trinajstić information content (AvgIpc) is 3.45. The molecule has 2 aromatic carbocycles. The maximum absolute atomic E-state index is 14.3. The van der Waals surface area contributed by atoms with E-state index in [1.165, 1.54) is 18.2 Å². The van der Waals surface area contributed by atoms with Gasteiger partial charge in [0.2, 0.25) is 11.5 Å². The minimum Gasteiger partial charge on any atom is -0.326 e. The molecule has 8 heteroatoms. The third kappa shape index (κ3) is 3.71. The maximum atomic E-state index is 14.3. The zero-order chi connectivity index (χ0) is 19.9. The van der Waals surface area contributed by atoms with Crippen LogP contribution in [-0.2, 0) is 5.54 Å². The number of alkyl halides is 3. The van der Waals surface area contributed by atoms with E-state index in [4.69, 9.17) is 11.6 Å². The van der Waals surface area contributed by atoms with Crippen LogP contribution in [0.15, 0.2) is 51.9 Å². The van der Waals surface area contributed by atoms with Crippen LogP contribution < -0.4 is 10.6 Å². The monoisotopic (exact) mass is 467 g/mol. The van der Waals surface area contributed by atoms with Crippen LogP contribution in [0.25, 0.3) is 0 Å². The Morgan fingerprint density at radius 1 is 1.18 bits per heavy atom. The van der Waals surface area contributed by atoms with Crippen LogP contribution >= 0.6 is 27.5 Å². The van der Waals surface area contributed by atoms with E-state index < -0.39 is 11.7 Å². The van der Waals surface area contributed by atoms with Crippen LogP contribution in [0.1, 0.15) is 18.4 Å². The highest BCUT2D eigenvalue weighted by Crippen LogP contribution is 2.48. The summed E-state index contributed by atoms with van der Waals surface area (Å²) in [5.41, 5.74) is -1.92. The van der Waals surface area contributed by atoms with Crippen LogP contribution in [0.2, 0.25) is 5.02 Å². The number of benzene rings is 2. The van der Waals surface area contributed by atoms with E-state index >= 15 is 0 Å². The van der Waals surface area contributed by atoms with Crippen molar-refractivity contribution in [3.05, 3.63) is 57.5 Å². The first kappa shape index (κ1) is 19.2. The van der Waals surface area contributed by atoms with Gasteiger partial charge in [0.25, 0.3) is 0 Å². The molecule has 2 aromatic rings. The van der Waals surface area contributed by atoms with Crippen molar-refractivity contribution >= 4 is 44.9 Å². The molecule has 1 atom stereocenters. The SMILES string of the molecule is FC(F)(F)C1(C#CC2CC2)N=C(Nc2ccc(Br)cc2)Nc2ccc(Cl)cc21. The van der Waals surface area contributed by atoms with Crippen molar-refractivity contribution in [1.29, 1.82) is 0 Å². The van der Waals surface area contributed by atoms with Gasteiger partial charge in [-0.15, -0.1) is 0 Å². The minimum absolute atomic E-state index is 0.00479. The van der Waals surface area contributed by atoms with Crippen molar-refractivity contribution in [2.45, 2.75) is 24.6 Å². The second-order valence-electron chi connectivity index (χ2n) is 6.66. The number of nitrogens with zero attached hydrogens (tertiary/aromatic N) is 1. The van der Waals surface area contributed by atoms with Crippen molar-refractivity contribution in [1.82, 2.24) is 0 Å². The second-order valence-corrected chi connectivity index (χ2v) is 8.01. The van der Waals surface area contributed by atoms with E-state index in [0.717, 1.165) is 17.3 Å². The molecule has 1 aliphatic carbocycles. The summed E-state index contributed by atoms with van der Waals surface area (Å²) in [6.07, 6.45) is -3.09. The number of fused-ring (bicyclic) bond motifs is 1. The number of guanidine groups is 1. The highest BCUT2D eigenvalue weighted by atomic mass is 79.9. The van der Waals surface area contributed by atoms with Crippen LogP contribution in [-0.4, -0.2) is 12.1 Å². The van der Waals surface area contributed by atoms with Gasteiger partial charge in [-0.3, -0.25) is 0 Å². The molecule has 1 aliphatic heterocycles. The Kier molecular flexibility index (Phi) is 4.80. The molecule has 1 heterocycles. The normalized spacial score (nSPS) is 21.0. The molecular formula is C20H14BrClF3N3. The molecule has 0 spiro atoms. The lowest BCUT2D eigenvalue weighted by Crippen LogP contribution is -2.45. The van der Waals surface area contributed by atoms with Crippen LogP contribution in [0.5, 0.6) is 0 Å². The van der Waals surface area contributed by atoms with Gasteiger partial charge >= 0.3 is 6.18 Å². The minimum atomic E-state index is -4.72. The van der Waals surface area contributed by atoms with Gasteiger partial charge in [-0.1, -0.05) is 39.4 Å². The fourth-order valence-corrected chi connectivity index (χ4v) is 3.29. The third-order valence-corrected chi connectivity index (χ3v) is 5.22. The Morgan fingerprint density at radius 2 is 1.89 bits per heavy atom. The number of rotatable bonds is 1. The van der Waals surface area contributed by atoms with E-state index in [0.29, 0.717) is 5.69 Å². The summed E-state index contributed by atoms with van der Waals surface area (Å²) in [6.45, 7) is 0. The van der Waals surface area contributed by atoms with Crippen molar-refractivity contribution in [3.8, 4) is 11.8 Å².